The molecule has 0 saturated carbocycles. The fourth-order valence-corrected chi connectivity index (χ4v) is 0.603. The summed E-state index contributed by atoms with van der Waals surface area (Å²) in [5.41, 5.74) is 12.6. The molecule has 0 bridgehead atoms. The van der Waals surface area contributed by atoms with Crippen molar-refractivity contribution in [2.45, 2.75) is 32.7 Å². The molecule has 1 aliphatic heterocycles. The van der Waals surface area contributed by atoms with E-state index in [4.69, 9.17) is 36.4 Å². The largest absolute Gasteiger partial charge is 0.397 e. The van der Waals surface area contributed by atoms with Crippen molar-refractivity contribution in [1.82, 2.24) is 16.4 Å². The topological polar surface area (TPSA) is 183 Å². The highest BCUT2D eigenvalue weighted by Gasteiger charge is 2.20. The SMILES string of the molecule is C1CNNNC1.CCO.CCO.CCO.NC(CO)(CO)CO. The van der Waals surface area contributed by atoms with E-state index in [-0.39, 0.29) is 19.8 Å². The van der Waals surface area contributed by atoms with Crippen molar-refractivity contribution in [2.24, 2.45) is 5.73 Å². The molecule has 0 aromatic carbocycles. The predicted molar refractivity (Wildman–Crippen MR) is 90.2 cm³/mol. The van der Waals surface area contributed by atoms with Crippen molar-refractivity contribution in [1.29, 1.82) is 0 Å². The fraction of sp³-hybridized carbons (Fsp3) is 1.00. The summed E-state index contributed by atoms with van der Waals surface area (Å²) >= 11 is 0. The number of hydrogen-bond donors (Lipinski definition) is 10. The Labute approximate surface area is 139 Å². The Balaban J connectivity index is -0.000000106. The maximum atomic E-state index is 8.34. The van der Waals surface area contributed by atoms with Gasteiger partial charge < -0.3 is 36.4 Å². The van der Waals surface area contributed by atoms with E-state index in [1.165, 1.54) is 6.42 Å². The van der Waals surface area contributed by atoms with Crippen LogP contribution >= 0.6 is 0 Å². The molecule has 0 spiro atoms. The molecule has 0 aliphatic carbocycles. The second-order valence-electron chi connectivity index (χ2n) is 4.12. The molecule has 1 heterocycles. The molecular formula is C13H38N4O6. The third-order valence-electron chi connectivity index (χ3n) is 1.73. The molecule has 11 N–H and O–H groups in total. The van der Waals surface area contributed by atoms with Crippen LogP contribution in [0.25, 0.3) is 0 Å². The lowest BCUT2D eigenvalue weighted by atomic mass is 10.1. The molecule has 0 unspecified atom stereocenters. The second-order valence-corrected chi connectivity index (χ2v) is 4.12. The molecule has 0 atom stereocenters. The molecule has 10 nitrogen and oxygen atoms in total. The predicted octanol–water partition coefficient (Wildman–Crippen LogP) is -3.35. The Morgan fingerprint density at radius 3 is 1.04 bits per heavy atom. The minimum absolute atomic E-state index is 0.250. The van der Waals surface area contributed by atoms with Crippen molar-refractivity contribution >= 4 is 0 Å². The van der Waals surface area contributed by atoms with E-state index in [0.717, 1.165) is 13.1 Å². The van der Waals surface area contributed by atoms with Crippen molar-refractivity contribution in [3.05, 3.63) is 0 Å². The van der Waals surface area contributed by atoms with E-state index in [2.05, 4.69) is 16.4 Å². The summed E-state index contributed by atoms with van der Waals surface area (Å²) in [5.74, 6) is 0. The number of aliphatic hydroxyl groups is 6. The molecule has 1 rings (SSSR count). The zero-order chi connectivity index (χ0) is 19.0. The quantitative estimate of drug-likeness (QED) is 0.248. The van der Waals surface area contributed by atoms with Crippen LogP contribution in [0.15, 0.2) is 0 Å². The Kier molecular flexibility index (Phi) is 39.2. The van der Waals surface area contributed by atoms with Gasteiger partial charge in [-0.05, 0) is 27.2 Å². The standard InChI is InChI=1S/C4H11NO3.C3H9N3.3C2H6O/c5-4(1-6,2-7)3-8;1-2-4-6-5-3-1;3*1-2-3/h6-8H,1-3,5H2;4-6H,1-3H2;3*3H,2H2,1H3. The van der Waals surface area contributed by atoms with Gasteiger partial charge in [0.05, 0.1) is 25.4 Å². The minimum Gasteiger partial charge on any atom is -0.397 e. The molecule has 0 aromatic rings. The van der Waals surface area contributed by atoms with Gasteiger partial charge in [0.2, 0.25) is 0 Å². The van der Waals surface area contributed by atoms with Gasteiger partial charge in [0.1, 0.15) is 0 Å². The average molecular weight is 346 g/mol. The number of hydrogen-bond acceptors (Lipinski definition) is 10. The highest BCUT2D eigenvalue weighted by atomic mass is 16.3. The zero-order valence-electron chi connectivity index (χ0n) is 14.6. The summed E-state index contributed by atoms with van der Waals surface area (Å²) in [6.07, 6.45) is 1.22. The first-order valence-electron chi connectivity index (χ1n) is 7.58. The van der Waals surface area contributed by atoms with Gasteiger partial charge >= 0.3 is 0 Å². The third-order valence-corrected chi connectivity index (χ3v) is 1.73. The molecule has 0 amide bonds. The van der Waals surface area contributed by atoms with Gasteiger partial charge in [-0.15, -0.1) is 0 Å². The minimum atomic E-state index is -1.21. The van der Waals surface area contributed by atoms with Crippen molar-refractivity contribution in [2.75, 3.05) is 52.7 Å². The molecule has 23 heavy (non-hydrogen) atoms. The van der Waals surface area contributed by atoms with Crippen molar-refractivity contribution in [3.8, 4) is 0 Å². The zero-order valence-corrected chi connectivity index (χ0v) is 14.6. The highest BCUT2D eigenvalue weighted by Crippen LogP contribution is 1.93. The van der Waals surface area contributed by atoms with E-state index < -0.39 is 25.4 Å². The Bertz CT molecular complexity index is 148. The van der Waals surface area contributed by atoms with Gasteiger partial charge in [0.15, 0.2) is 0 Å². The molecule has 146 valence electrons. The first kappa shape index (κ1) is 30.5. The van der Waals surface area contributed by atoms with Gasteiger partial charge in [0, 0.05) is 32.9 Å². The molecule has 0 aromatic heterocycles. The Hall–Kier alpha value is -0.400. The monoisotopic (exact) mass is 346 g/mol. The van der Waals surface area contributed by atoms with Crippen LogP contribution in [-0.4, -0.2) is 88.9 Å². The van der Waals surface area contributed by atoms with E-state index in [9.17, 15) is 0 Å². The van der Waals surface area contributed by atoms with E-state index >= 15 is 0 Å². The van der Waals surface area contributed by atoms with Crippen LogP contribution in [-0.2, 0) is 0 Å². The maximum absolute atomic E-state index is 8.34. The van der Waals surface area contributed by atoms with E-state index in [0.29, 0.717) is 0 Å². The lowest BCUT2D eigenvalue weighted by Gasteiger charge is -2.20. The van der Waals surface area contributed by atoms with Crippen LogP contribution in [0.4, 0.5) is 0 Å². The van der Waals surface area contributed by atoms with E-state index in [1.807, 2.05) is 0 Å². The Morgan fingerprint density at radius 2 is 1.00 bits per heavy atom. The van der Waals surface area contributed by atoms with Crippen LogP contribution in [0.5, 0.6) is 0 Å². The van der Waals surface area contributed by atoms with Crippen molar-refractivity contribution in [3.63, 3.8) is 0 Å². The van der Waals surface area contributed by atoms with Gasteiger partial charge in [-0.1, -0.05) is 0 Å². The first-order valence-corrected chi connectivity index (χ1v) is 7.58. The summed E-state index contributed by atoms with van der Waals surface area (Å²) in [6.45, 7) is 6.74. The first-order chi connectivity index (χ1) is 10.9. The smallest absolute Gasteiger partial charge is 0.0856 e. The van der Waals surface area contributed by atoms with E-state index in [1.54, 1.807) is 20.8 Å². The molecule has 1 fully saturated rings. The number of nitrogens with one attached hydrogen (secondary N) is 3. The van der Waals surface area contributed by atoms with Gasteiger partial charge in [-0.3, -0.25) is 0 Å². The van der Waals surface area contributed by atoms with Crippen LogP contribution in [0.2, 0.25) is 0 Å². The molecular weight excluding hydrogens is 308 g/mol. The van der Waals surface area contributed by atoms with Gasteiger partial charge in [-0.2, -0.15) is 5.53 Å². The summed E-state index contributed by atoms with van der Waals surface area (Å²) in [7, 11) is 0. The van der Waals surface area contributed by atoms with Crippen LogP contribution < -0.4 is 22.1 Å². The molecule has 0 radical (unpaired) electrons. The fourth-order valence-electron chi connectivity index (χ4n) is 0.603. The Morgan fingerprint density at radius 1 is 0.739 bits per heavy atom. The number of hydrazine groups is 2. The summed E-state index contributed by atoms with van der Waals surface area (Å²) in [6, 6.07) is 0. The van der Waals surface area contributed by atoms with Crippen LogP contribution in [0.1, 0.15) is 27.2 Å². The molecule has 10 heteroatoms. The lowest BCUT2D eigenvalue weighted by Crippen LogP contribution is -2.50. The van der Waals surface area contributed by atoms with Crippen LogP contribution in [0.3, 0.4) is 0 Å². The van der Waals surface area contributed by atoms with Crippen LogP contribution in [0, 0.1) is 0 Å². The second kappa shape index (κ2) is 29.6. The summed E-state index contributed by atoms with van der Waals surface area (Å²) in [5, 5.41) is 47.7. The van der Waals surface area contributed by atoms with Gasteiger partial charge in [0.25, 0.3) is 0 Å². The number of aliphatic hydroxyl groups excluding tert-OH is 6. The highest BCUT2D eigenvalue weighted by molar-refractivity contribution is 4.80. The maximum Gasteiger partial charge on any atom is 0.0856 e. The lowest BCUT2D eigenvalue weighted by molar-refractivity contribution is 0.0697. The molecule has 1 aliphatic rings. The number of nitrogens with two attached hydrogens (primary N) is 1. The third kappa shape index (κ3) is 38.9. The summed E-state index contributed by atoms with van der Waals surface area (Å²) in [4.78, 5) is 0. The van der Waals surface area contributed by atoms with Crippen molar-refractivity contribution < 1.29 is 30.6 Å². The molecule has 1 saturated heterocycles. The van der Waals surface area contributed by atoms with Gasteiger partial charge in [-0.25, -0.2) is 10.9 Å². The number of rotatable bonds is 3. The average Bonchev–Trinajstić information content (AvgIpc) is 2.58. The normalized spacial score (nSPS) is 12.8. The summed E-state index contributed by atoms with van der Waals surface area (Å²) < 4.78 is 0.